The molecule has 0 aromatic carbocycles. The van der Waals surface area contributed by atoms with E-state index in [1.165, 1.54) is 70.0 Å². The van der Waals surface area contributed by atoms with Gasteiger partial charge in [-0.25, -0.2) is 0 Å². The topological polar surface area (TPSA) is 26.0 Å². The van der Waals surface area contributed by atoms with Crippen LogP contribution in [0.3, 0.4) is 0 Å². The second-order valence-corrected chi connectivity index (χ2v) is 10.4. The summed E-state index contributed by atoms with van der Waals surface area (Å²) in [7, 11) is 0. The molecule has 0 radical (unpaired) electrons. The van der Waals surface area contributed by atoms with E-state index in [1.54, 1.807) is 0 Å². The molecule has 120 valence electrons. The van der Waals surface area contributed by atoms with E-state index in [2.05, 4.69) is 18.7 Å². The predicted molar refractivity (Wildman–Crippen MR) is 92.5 cm³/mol. The zero-order valence-corrected chi connectivity index (χ0v) is 14.5. The lowest BCUT2D eigenvalue weighted by Crippen LogP contribution is -2.55. The zero-order chi connectivity index (χ0) is 14.4. The van der Waals surface area contributed by atoms with Crippen molar-refractivity contribution in [1.29, 1.82) is 0 Å². The maximum absolute atomic E-state index is 6.80. The van der Waals surface area contributed by atoms with E-state index < -0.39 is 0 Å². The lowest BCUT2D eigenvalue weighted by Gasteiger charge is -2.59. The normalized spacial score (nSPS) is 50.3. The van der Waals surface area contributed by atoms with Crippen molar-refractivity contribution in [2.45, 2.75) is 82.4 Å². The predicted octanol–water partition coefficient (Wildman–Crippen LogP) is 4.84. The van der Waals surface area contributed by atoms with Crippen molar-refractivity contribution in [2.24, 2.45) is 34.8 Å². The first kappa shape index (κ1) is 14.9. The Bertz CT molecular complexity index is 344. The number of hydrogen-bond acceptors (Lipinski definition) is 2. The smallest absolute Gasteiger partial charge is 0.0187 e. The molecule has 0 saturated heterocycles. The van der Waals surface area contributed by atoms with Gasteiger partial charge in [0.2, 0.25) is 0 Å². The molecular formula is C19H33NS. The third-order valence-corrected chi connectivity index (χ3v) is 8.72. The van der Waals surface area contributed by atoms with E-state index >= 15 is 0 Å². The summed E-state index contributed by atoms with van der Waals surface area (Å²) >= 11 is 2.23. The molecule has 0 aliphatic heterocycles. The Kier molecular flexibility index (Phi) is 4.07. The van der Waals surface area contributed by atoms with Gasteiger partial charge in [0.25, 0.3) is 0 Å². The van der Waals surface area contributed by atoms with E-state index in [0.717, 1.165) is 28.9 Å². The molecule has 3 unspecified atom stereocenters. The van der Waals surface area contributed by atoms with Gasteiger partial charge in [-0.05, 0) is 80.5 Å². The summed E-state index contributed by atoms with van der Waals surface area (Å²) in [5, 5.41) is 0.911. The van der Waals surface area contributed by atoms with Crippen LogP contribution < -0.4 is 5.73 Å². The first-order valence-electron chi connectivity index (χ1n) is 9.50. The van der Waals surface area contributed by atoms with Gasteiger partial charge in [0.1, 0.15) is 0 Å². The fourth-order valence-electron chi connectivity index (χ4n) is 6.58. The number of thioether (sulfide) groups is 1. The Morgan fingerprint density at radius 3 is 2.19 bits per heavy atom. The fraction of sp³-hybridized carbons (Fsp3) is 1.00. The Labute approximate surface area is 135 Å². The SMILES string of the molecule is CC1CCCC(SCC(N)C23CC4CC(CC(C4)C2)C3)C1. The highest BCUT2D eigenvalue weighted by molar-refractivity contribution is 7.99. The average molecular weight is 308 g/mol. The van der Waals surface area contributed by atoms with Crippen LogP contribution in [0.1, 0.15) is 71.1 Å². The number of hydrogen-bond donors (Lipinski definition) is 1. The van der Waals surface area contributed by atoms with Gasteiger partial charge in [0.05, 0.1) is 0 Å². The minimum Gasteiger partial charge on any atom is -0.326 e. The van der Waals surface area contributed by atoms with Gasteiger partial charge in [-0.1, -0.05) is 19.8 Å². The highest BCUT2D eigenvalue weighted by Crippen LogP contribution is 2.61. The van der Waals surface area contributed by atoms with E-state index in [1.807, 2.05) is 0 Å². The molecular weight excluding hydrogens is 274 g/mol. The first-order valence-corrected chi connectivity index (χ1v) is 10.5. The molecule has 5 fully saturated rings. The van der Waals surface area contributed by atoms with Crippen molar-refractivity contribution < 1.29 is 0 Å². The first-order chi connectivity index (χ1) is 10.1. The highest BCUT2D eigenvalue weighted by Gasteiger charge is 2.53. The molecule has 5 saturated carbocycles. The Morgan fingerprint density at radius 2 is 1.62 bits per heavy atom. The second-order valence-electron chi connectivity index (χ2n) is 9.11. The van der Waals surface area contributed by atoms with Gasteiger partial charge < -0.3 is 5.73 Å². The largest absolute Gasteiger partial charge is 0.326 e. The Morgan fingerprint density at radius 1 is 1.00 bits per heavy atom. The van der Waals surface area contributed by atoms with Crippen LogP contribution >= 0.6 is 11.8 Å². The van der Waals surface area contributed by atoms with Crippen LogP contribution in [-0.2, 0) is 0 Å². The van der Waals surface area contributed by atoms with Gasteiger partial charge in [-0.2, -0.15) is 11.8 Å². The molecule has 0 aromatic rings. The maximum atomic E-state index is 6.80. The van der Waals surface area contributed by atoms with Crippen LogP contribution in [0.25, 0.3) is 0 Å². The van der Waals surface area contributed by atoms with Gasteiger partial charge in [-0.15, -0.1) is 0 Å². The van der Waals surface area contributed by atoms with Crippen molar-refractivity contribution in [3.05, 3.63) is 0 Å². The van der Waals surface area contributed by atoms with Crippen LogP contribution in [0.15, 0.2) is 0 Å². The molecule has 3 atom stereocenters. The molecule has 5 aliphatic carbocycles. The van der Waals surface area contributed by atoms with Crippen LogP contribution in [0.4, 0.5) is 0 Å². The number of nitrogens with two attached hydrogens (primary N) is 1. The van der Waals surface area contributed by atoms with E-state index in [4.69, 9.17) is 5.73 Å². The van der Waals surface area contributed by atoms with Crippen molar-refractivity contribution in [3.63, 3.8) is 0 Å². The summed E-state index contributed by atoms with van der Waals surface area (Å²) in [4.78, 5) is 0. The monoisotopic (exact) mass is 307 g/mol. The molecule has 21 heavy (non-hydrogen) atoms. The second kappa shape index (κ2) is 5.74. The molecule has 0 amide bonds. The van der Waals surface area contributed by atoms with Crippen molar-refractivity contribution in [1.82, 2.24) is 0 Å². The summed E-state index contributed by atoms with van der Waals surface area (Å²) in [6, 6.07) is 0.480. The average Bonchev–Trinajstić information content (AvgIpc) is 2.43. The van der Waals surface area contributed by atoms with E-state index in [-0.39, 0.29) is 0 Å². The van der Waals surface area contributed by atoms with Crippen LogP contribution in [0.2, 0.25) is 0 Å². The molecule has 2 heteroatoms. The van der Waals surface area contributed by atoms with Crippen LogP contribution in [0.5, 0.6) is 0 Å². The van der Waals surface area contributed by atoms with Crippen molar-refractivity contribution in [3.8, 4) is 0 Å². The van der Waals surface area contributed by atoms with Crippen molar-refractivity contribution >= 4 is 11.8 Å². The molecule has 2 N–H and O–H groups in total. The highest BCUT2D eigenvalue weighted by atomic mass is 32.2. The van der Waals surface area contributed by atoms with Crippen LogP contribution in [0, 0.1) is 29.1 Å². The van der Waals surface area contributed by atoms with Crippen LogP contribution in [-0.4, -0.2) is 17.0 Å². The van der Waals surface area contributed by atoms with E-state index in [0.29, 0.717) is 11.5 Å². The third kappa shape index (κ3) is 2.92. The molecule has 5 aliphatic rings. The number of rotatable bonds is 4. The van der Waals surface area contributed by atoms with Gasteiger partial charge >= 0.3 is 0 Å². The Balaban J connectivity index is 1.35. The summed E-state index contributed by atoms with van der Waals surface area (Å²) in [6.07, 6.45) is 14.8. The zero-order valence-electron chi connectivity index (χ0n) is 13.7. The molecule has 1 nitrogen and oxygen atoms in total. The lowest BCUT2D eigenvalue weighted by atomic mass is 9.48. The van der Waals surface area contributed by atoms with Gasteiger partial charge in [0.15, 0.2) is 0 Å². The quantitative estimate of drug-likeness (QED) is 0.804. The summed E-state index contributed by atoms with van der Waals surface area (Å²) in [5.41, 5.74) is 7.36. The maximum Gasteiger partial charge on any atom is 0.0187 e. The Hall–Kier alpha value is 0.310. The third-order valence-electron chi connectivity index (χ3n) is 7.27. The van der Waals surface area contributed by atoms with Crippen molar-refractivity contribution in [2.75, 3.05) is 5.75 Å². The molecule has 0 heterocycles. The standard InChI is InChI=1S/C19H33NS/c1-13-3-2-4-17(5-13)21-12-18(20)19-9-14-6-15(10-19)8-16(7-14)11-19/h13-18H,2-12,20H2,1H3. The lowest BCUT2D eigenvalue weighted by molar-refractivity contribution is -0.0629. The minimum absolute atomic E-state index is 0.480. The summed E-state index contributed by atoms with van der Waals surface area (Å²) < 4.78 is 0. The van der Waals surface area contributed by atoms with Gasteiger partial charge in [-0.3, -0.25) is 0 Å². The molecule has 4 bridgehead atoms. The molecule has 0 aromatic heterocycles. The molecule has 5 rings (SSSR count). The minimum atomic E-state index is 0.480. The summed E-state index contributed by atoms with van der Waals surface area (Å²) in [5.74, 6) is 5.32. The fourth-order valence-corrected chi connectivity index (χ4v) is 8.21. The molecule has 0 spiro atoms. The summed E-state index contributed by atoms with van der Waals surface area (Å²) in [6.45, 7) is 2.44. The van der Waals surface area contributed by atoms with Gasteiger partial charge in [0, 0.05) is 17.0 Å². The van der Waals surface area contributed by atoms with E-state index in [9.17, 15) is 0 Å².